The number of amides is 1. The fourth-order valence-electron chi connectivity index (χ4n) is 4.91. The van der Waals surface area contributed by atoms with Gasteiger partial charge in [0, 0.05) is 43.1 Å². The van der Waals surface area contributed by atoms with E-state index in [0.29, 0.717) is 10.7 Å². The number of anilines is 2. The molecule has 37 heavy (non-hydrogen) atoms. The molecule has 0 aliphatic carbocycles. The monoisotopic (exact) mass is 542 g/mol. The third-order valence-electron chi connectivity index (χ3n) is 6.75. The van der Waals surface area contributed by atoms with Gasteiger partial charge in [0.25, 0.3) is 12.7 Å². The number of rotatable bonds is 9. The first kappa shape index (κ1) is 25.4. The van der Waals surface area contributed by atoms with Gasteiger partial charge in [-0.1, -0.05) is 29.8 Å². The van der Waals surface area contributed by atoms with E-state index in [1.165, 1.54) is 21.6 Å². The standard InChI is InChI=1S/C26H27ClN4O5S/c1-2-35-26(34)25(36-16-32)31-21-15-20(27)17(13-18(21)14-23(31)33)7-8-29-9-11-30(12-10-29)24-19-5-3-4-6-22(19)37-28-24/h3-6,13,15-16,25H,2,7-12,14H2,1H3. The Morgan fingerprint density at radius 3 is 2.76 bits per heavy atom. The molecular weight excluding hydrogens is 516 g/mol. The molecular formula is C26H27ClN4O5S. The van der Waals surface area contributed by atoms with Crippen LogP contribution in [0.4, 0.5) is 11.5 Å². The van der Waals surface area contributed by atoms with Crippen LogP contribution >= 0.6 is 23.1 Å². The van der Waals surface area contributed by atoms with E-state index >= 15 is 0 Å². The van der Waals surface area contributed by atoms with Gasteiger partial charge in [0.2, 0.25) is 5.91 Å². The SMILES string of the molecule is CCOC(=O)C(OC=O)N1C(=O)Cc2cc(CCN3CCN(c4nsc5ccccc45)CC3)c(Cl)cc21. The van der Waals surface area contributed by atoms with Crippen LogP contribution < -0.4 is 9.80 Å². The van der Waals surface area contributed by atoms with Crippen molar-refractivity contribution in [1.29, 1.82) is 0 Å². The van der Waals surface area contributed by atoms with Crippen molar-refractivity contribution < 1.29 is 23.9 Å². The Balaban J connectivity index is 1.23. The largest absolute Gasteiger partial charge is 0.462 e. The Morgan fingerprint density at radius 2 is 2.00 bits per heavy atom. The molecule has 194 valence electrons. The highest BCUT2D eigenvalue weighted by atomic mass is 35.5. The first-order valence-electron chi connectivity index (χ1n) is 12.2. The lowest BCUT2D eigenvalue weighted by atomic mass is 10.1. The van der Waals surface area contributed by atoms with Gasteiger partial charge in [0.1, 0.15) is 5.82 Å². The van der Waals surface area contributed by atoms with Crippen molar-refractivity contribution in [1.82, 2.24) is 9.27 Å². The molecule has 1 saturated heterocycles. The van der Waals surface area contributed by atoms with E-state index < -0.39 is 12.2 Å². The Kier molecular flexibility index (Phi) is 7.59. The number of piperazine rings is 1. The summed E-state index contributed by atoms with van der Waals surface area (Å²) in [6.07, 6.45) is -0.650. The fourth-order valence-corrected chi connectivity index (χ4v) is 5.95. The predicted octanol–water partition coefficient (Wildman–Crippen LogP) is 3.27. The van der Waals surface area contributed by atoms with Crippen LogP contribution in [0.3, 0.4) is 0 Å². The number of fused-ring (bicyclic) bond motifs is 2. The molecule has 1 aromatic heterocycles. The zero-order valence-electron chi connectivity index (χ0n) is 20.4. The van der Waals surface area contributed by atoms with Crippen LogP contribution in [-0.4, -0.2) is 73.2 Å². The highest BCUT2D eigenvalue weighted by Crippen LogP contribution is 2.36. The summed E-state index contributed by atoms with van der Waals surface area (Å²) in [5.41, 5.74) is 2.14. The van der Waals surface area contributed by atoms with Gasteiger partial charge in [-0.25, -0.2) is 4.79 Å². The van der Waals surface area contributed by atoms with Crippen LogP contribution in [0.15, 0.2) is 36.4 Å². The third-order valence-corrected chi connectivity index (χ3v) is 7.92. The summed E-state index contributed by atoms with van der Waals surface area (Å²) in [5, 5.41) is 1.71. The van der Waals surface area contributed by atoms with E-state index in [4.69, 9.17) is 21.1 Å². The van der Waals surface area contributed by atoms with Gasteiger partial charge in [-0.05, 0) is 54.2 Å². The molecule has 5 rings (SSSR count). The molecule has 3 heterocycles. The maximum absolute atomic E-state index is 12.8. The highest BCUT2D eigenvalue weighted by Gasteiger charge is 2.39. The van der Waals surface area contributed by atoms with E-state index in [0.717, 1.165) is 61.0 Å². The number of hydrogen-bond acceptors (Lipinski definition) is 9. The second kappa shape index (κ2) is 11.0. The molecule has 2 aromatic carbocycles. The molecule has 1 unspecified atom stereocenters. The minimum absolute atomic E-state index is 0.0951. The van der Waals surface area contributed by atoms with Crippen LogP contribution in [0.1, 0.15) is 18.1 Å². The van der Waals surface area contributed by atoms with Gasteiger partial charge in [-0.2, -0.15) is 4.37 Å². The minimum Gasteiger partial charge on any atom is -0.462 e. The molecule has 2 aliphatic rings. The van der Waals surface area contributed by atoms with Crippen molar-refractivity contribution in [2.24, 2.45) is 0 Å². The third kappa shape index (κ3) is 5.14. The summed E-state index contributed by atoms with van der Waals surface area (Å²) < 4.78 is 15.8. The van der Waals surface area contributed by atoms with Crippen molar-refractivity contribution in [3.63, 3.8) is 0 Å². The van der Waals surface area contributed by atoms with E-state index in [-0.39, 0.29) is 25.4 Å². The number of carbonyl (C=O) groups excluding carboxylic acids is 3. The van der Waals surface area contributed by atoms with Crippen LogP contribution in [-0.2, 0) is 36.7 Å². The number of esters is 1. The van der Waals surface area contributed by atoms with Crippen LogP contribution in [0, 0.1) is 0 Å². The second-order valence-corrected chi connectivity index (χ2v) is 10.1. The smallest absolute Gasteiger partial charge is 0.369 e. The Hall–Kier alpha value is -3.21. The Morgan fingerprint density at radius 1 is 1.22 bits per heavy atom. The van der Waals surface area contributed by atoms with E-state index in [2.05, 4.69) is 32.4 Å². The summed E-state index contributed by atoms with van der Waals surface area (Å²) in [6, 6.07) is 11.9. The number of aromatic nitrogens is 1. The number of ether oxygens (including phenoxy) is 2. The van der Waals surface area contributed by atoms with Gasteiger partial charge < -0.3 is 14.4 Å². The number of benzene rings is 2. The average molecular weight is 543 g/mol. The predicted molar refractivity (Wildman–Crippen MR) is 142 cm³/mol. The van der Waals surface area contributed by atoms with Crippen LogP contribution in [0.2, 0.25) is 5.02 Å². The van der Waals surface area contributed by atoms with Gasteiger partial charge in [0.05, 0.1) is 23.4 Å². The first-order valence-corrected chi connectivity index (χ1v) is 13.4. The topological polar surface area (TPSA) is 92.3 Å². The van der Waals surface area contributed by atoms with Crippen molar-refractivity contribution >= 4 is 63.1 Å². The number of hydrogen-bond donors (Lipinski definition) is 0. The number of halogens is 1. The Labute approximate surface area is 223 Å². The number of nitrogens with zero attached hydrogens (tertiary/aromatic N) is 4. The summed E-state index contributed by atoms with van der Waals surface area (Å²) in [6.45, 7) is 6.36. The molecule has 0 saturated carbocycles. The number of carbonyl (C=O) groups is 3. The van der Waals surface area contributed by atoms with Crippen molar-refractivity contribution in [3.8, 4) is 0 Å². The molecule has 0 radical (unpaired) electrons. The molecule has 3 aromatic rings. The summed E-state index contributed by atoms with van der Waals surface area (Å²) in [4.78, 5) is 42.0. The van der Waals surface area contributed by atoms with Gasteiger partial charge in [0.15, 0.2) is 0 Å². The summed E-state index contributed by atoms with van der Waals surface area (Å²) in [7, 11) is 0. The molecule has 1 atom stereocenters. The average Bonchev–Trinajstić information content (AvgIpc) is 3.46. The zero-order chi connectivity index (χ0) is 25.9. The lowest BCUT2D eigenvalue weighted by Gasteiger charge is -2.35. The molecule has 11 heteroatoms. The maximum atomic E-state index is 12.8. The van der Waals surface area contributed by atoms with Gasteiger partial charge in [-0.3, -0.25) is 19.4 Å². The lowest BCUT2D eigenvalue weighted by Crippen LogP contribution is -2.47. The lowest BCUT2D eigenvalue weighted by molar-refractivity contribution is -0.162. The summed E-state index contributed by atoms with van der Waals surface area (Å²) in [5.74, 6) is -0.0922. The molecule has 9 nitrogen and oxygen atoms in total. The second-order valence-electron chi connectivity index (χ2n) is 8.93. The molecule has 1 amide bonds. The summed E-state index contributed by atoms with van der Waals surface area (Å²) >= 11 is 8.15. The zero-order valence-corrected chi connectivity index (χ0v) is 22.0. The van der Waals surface area contributed by atoms with Crippen LogP contribution in [0.5, 0.6) is 0 Å². The highest BCUT2D eigenvalue weighted by molar-refractivity contribution is 7.13. The maximum Gasteiger partial charge on any atom is 0.369 e. The van der Waals surface area contributed by atoms with Gasteiger partial charge >= 0.3 is 5.97 Å². The minimum atomic E-state index is -1.47. The van der Waals surface area contributed by atoms with Crippen LogP contribution in [0.25, 0.3) is 10.1 Å². The Bertz CT molecular complexity index is 1320. The van der Waals surface area contributed by atoms with E-state index in [1.807, 2.05) is 12.1 Å². The quantitative estimate of drug-likeness (QED) is 0.300. The van der Waals surface area contributed by atoms with Crippen molar-refractivity contribution in [2.75, 3.05) is 49.1 Å². The normalized spacial score (nSPS) is 16.6. The van der Waals surface area contributed by atoms with Gasteiger partial charge in [-0.15, -0.1) is 0 Å². The molecule has 0 bridgehead atoms. The molecule has 1 fully saturated rings. The first-order chi connectivity index (χ1) is 18.0. The molecule has 0 N–H and O–H groups in total. The van der Waals surface area contributed by atoms with E-state index in [1.54, 1.807) is 13.0 Å². The fraction of sp³-hybridized carbons (Fsp3) is 0.385. The van der Waals surface area contributed by atoms with Crippen molar-refractivity contribution in [3.05, 3.63) is 52.5 Å². The van der Waals surface area contributed by atoms with Crippen molar-refractivity contribution in [2.45, 2.75) is 26.0 Å². The molecule has 0 spiro atoms. The molecule has 2 aliphatic heterocycles. The van der Waals surface area contributed by atoms with E-state index in [9.17, 15) is 14.4 Å².